The second kappa shape index (κ2) is 2.55. The molecule has 0 aromatic carbocycles. The summed E-state index contributed by atoms with van der Waals surface area (Å²) in [5, 5.41) is 0. The zero-order valence-electron chi connectivity index (χ0n) is 6.67. The van der Waals surface area contributed by atoms with Gasteiger partial charge in [0.25, 0.3) is 0 Å². The first-order valence-electron chi connectivity index (χ1n) is 4.06. The first-order valence-corrected chi connectivity index (χ1v) is 4.06. The van der Waals surface area contributed by atoms with Gasteiger partial charge in [-0.15, -0.1) is 0 Å². The third-order valence-corrected chi connectivity index (χ3v) is 2.57. The van der Waals surface area contributed by atoms with Gasteiger partial charge in [-0.05, 0) is 12.8 Å². The van der Waals surface area contributed by atoms with Gasteiger partial charge in [0.05, 0.1) is 11.8 Å². The van der Waals surface area contributed by atoms with Gasteiger partial charge in [0, 0.05) is 13.2 Å². The van der Waals surface area contributed by atoms with Gasteiger partial charge < -0.3 is 9.47 Å². The zero-order chi connectivity index (χ0) is 8.60. The summed E-state index contributed by atoms with van der Waals surface area (Å²) in [7, 11) is 0. The highest BCUT2D eigenvalue weighted by molar-refractivity contribution is 5.97. The molecule has 0 radical (unpaired) electrons. The van der Waals surface area contributed by atoms with Crippen LogP contribution in [0.2, 0.25) is 0 Å². The van der Waals surface area contributed by atoms with E-state index in [-0.39, 0.29) is 18.4 Å². The lowest BCUT2D eigenvalue weighted by Gasteiger charge is -2.27. The predicted molar refractivity (Wildman–Crippen MR) is 38.2 cm³/mol. The van der Waals surface area contributed by atoms with Crippen molar-refractivity contribution in [3.05, 3.63) is 0 Å². The van der Waals surface area contributed by atoms with Crippen molar-refractivity contribution < 1.29 is 19.1 Å². The Morgan fingerprint density at radius 2 is 1.83 bits per heavy atom. The molecule has 0 N–H and O–H groups in total. The first kappa shape index (κ1) is 7.73. The predicted octanol–water partition coefficient (Wildman–Crippen LogP) is 0.257. The van der Waals surface area contributed by atoms with Crippen LogP contribution in [0.4, 0.5) is 0 Å². The van der Waals surface area contributed by atoms with Crippen molar-refractivity contribution in [2.24, 2.45) is 5.41 Å². The Morgan fingerprint density at radius 1 is 1.17 bits per heavy atom. The fraction of sp³-hybridized carbons (Fsp3) is 0.750. The summed E-state index contributed by atoms with van der Waals surface area (Å²) in [5.74, 6) is -0.738. The lowest BCUT2D eigenvalue weighted by atomic mass is 9.79. The van der Waals surface area contributed by atoms with Crippen molar-refractivity contribution in [3.63, 3.8) is 0 Å². The minimum atomic E-state index is -0.532. The standard InChI is InChI=1S/C8H10O4/c9-6-5-8(7(10)12-6)1-3-11-4-2-8/h1-5H2. The van der Waals surface area contributed by atoms with Crippen LogP contribution in [0, 0.1) is 5.41 Å². The van der Waals surface area contributed by atoms with Crippen molar-refractivity contribution in [1.82, 2.24) is 0 Å². The van der Waals surface area contributed by atoms with Crippen LogP contribution in [0.1, 0.15) is 19.3 Å². The summed E-state index contributed by atoms with van der Waals surface area (Å²) < 4.78 is 9.64. The van der Waals surface area contributed by atoms with Crippen LogP contribution in [0.15, 0.2) is 0 Å². The number of ether oxygens (including phenoxy) is 2. The van der Waals surface area contributed by atoms with Crippen LogP contribution in [0.25, 0.3) is 0 Å². The lowest BCUT2D eigenvalue weighted by molar-refractivity contribution is -0.157. The Bertz CT molecular complexity index is 227. The molecule has 0 aromatic rings. The molecule has 0 aromatic heterocycles. The summed E-state index contributed by atoms with van der Waals surface area (Å²) in [6.07, 6.45) is 1.49. The summed E-state index contributed by atoms with van der Waals surface area (Å²) in [4.78, 5) is 22.1. The summed E-state index contributed by atoms with van der Waals surface area (Å²) in [6, 6.07) is 0. The summed E-state index contributed by atoms with van der Waals surface area (Å²) in [6.45, 7) is 1.12. The molecule has 2 saturated heterocycles. The van der Waals surface area contributed by atoms with Crippen molar-refractivity contribution in [3.8, 4) is 0 Å². The highest BCUT2D eigenvalue weighted by atomic mass is 16.6. The summed E-state index contributed by atoms with van der Waals surface area (Å²) in [5.41, 5.74) is -0.532. The zero-order valence-corrected chi connectivity index (χ0v) is 6.67. The molecule has 0 amide bonds. The number of hydrogen-bond donors (Lipinski definition) is 0. The quantitative estimate of drug-likeness (QED) is 0.386. The number of rotatable bonds is 0. The maximum atomic E-state index is 11.3. The number of carbonyl (C=O) groups is 2. The van der Waals surface area contributed by atoms with Gasteiger partial charge in [-0.3, -0.25) is 9.59 Å². The molecule has 2 aliphatic heterocycles. The van der Waals surface area contributed by atoms with E-state index in [2.05, 4.69) is 4.74 Å². The van der Waals surface area contributed by atoms with Gasteiger partial charge in [0.2, 0.25) is 0 Å². The molecule has 4 nitrogen and oxygen atoms in total. The van der Waals surface area contributed by atoms with E-state index in [9.17, 15) is 9.59 Å². The van der Waals surface area contributed by atoms with Crippen LogP contribution < -0.4 is 0 Å². The number of esters is 2. The summed E-state index contributed by atoms with van der Waals surface area (Å²) >= 11 is 0. The monoisotopic (exact) mass is 170 g/mol. The Morgan fingerprint density at radius 3 is 2.33 bits per heavy atom. The molecule has 2 fully saturated rings. The molecular weight excluding hydrogens is 160 g/mol. The molecule has 2 heterocycles. The number of cyclic esters (lactones) is 2. The van der Waals surface area contributed by atoms with Gasteiger partial charge >= 0.3 is 11.9 Å². The highest BCUT2D eigenvalue weighted by Gasteiger charge is 2.49. The molecule has 2 rings (SSSR count). The van der Waals surface area contributed by atoms with E-state index >= 15 is 0 Å². The average molecular weight is 170 g/mol. The van der Waals surface area contributed by atoms with E-state index in [1.54, 1.807) is 0 Å². The van der Waals surface area contributed by atoms with Crippen LogP contribution in [-0.4, -0.2) is 25.2 Å². The second-order valence-corrected chi connectivity index (χ2v) is 3.33. The topological polar surface area (TPSA) is 52.6 Å². The van der Waals surface area contributed by atoms with Crippen molar-refractivity contribution in [1.29, 1.82) is 0 Å². The van der Waals surface area contributed by atoms with Gasteiger partial charge in [0.15, 0.2) is 0 Å². The third kappa shape index (κ3) is 1.03. The maximum Gasteiger partial charge on any atom is 0.320 e. The first-order chi connectivity index (χ1) is 5.73. The van der Waals surface area contributed by atoms with Crippen molar-refractivity contribution >= 4 is 11.9 Å². The lowest BCUT2D eigenvalue weighted by Crippen LogP contribution is -2.33. The van der Waals surface area contributed by atoms with E-state index in [1.807, 2.05) is 0 Å². The molecule has 0 unspecified atom stereocenters. The number of carbonyl (C=O) groups excluding carboxylic acids is 2. The second-order valence-electron chi connectivity index (χ2n) is 3.33. The van der Waals surface area contributed by atoms with E-state index in [0.29, 0.717) is 26.1 Å². The largest absolute Gasteiger partial charge is 0.393 e. The smallest absolute Gasteiger partial charge is 0.320 e. The Balaban J connectivity index is 2.18. The van der Waals surface area contributed by atoms with Crippen LogP contribution in [0.5, 0.6) is 0 Å². The third-order valence-electron chi connectivity index (χ3n) is 2.57. The highest BCUT2D eigenvalue weighted by Crippen LogP contribution is 2.39. The molecule has 0 atom stereocenters. The van der Waals surface area contributed by atoms with E-state index in [1.165, 1.54) is 0 Å². The van der Waals surface area contributed by atoms with E-state index in [0.717, 1.165) is 0 Å². The minimum Gasteiger partial charge on any atom is -0.393 e. The average Bonchev–Trinajstić information content (AvgIpc) is 2.29. The normalized spacial score (nSPS) is 27.7. The van der Waals surface area contributed by atoms with Crippen LogP contribution in [-0.2, 0) is 19.1 Å². The fourth-order valence-corrected chi connectivity index (χ4v) is 1.74. The number of hydrogen-bond acceptors (Lipinski definition) is 4. The molecule has 12 heavy (non-hydrogen) atoms. The molecule has 0 saturated carbocycles. The maximum absolute atomic E-state index is 11.3. The Labute approximate surface area is 69.8 Å². The molecule has 4 heteroatoms. The fourth-order valence-electron chi connectivity index (χ4n) is 1.74. The molecule has 1 spiro atoms. The molecule has 0 aliphatic carbocycles. The molecule has 66 valence electrons. The molecule has 0 bridgehead atoms. The van der Waals surface area contributed by atoms with E-state index in [4.69, 9.17) is 4.74 Å². The Kier molecular flexibility index (Phi) is 1.65. The van der Waals surface area contributed by atoms with Crippen molar-refractivity contribution in [2.75, 3.05) is 13.2 Å². The van der Waals surface area contributed by atoms with Gasteiger partial charge in [-0.25, -0.2) is 0 Å². The minimum absolute atomic E-state index is 0.245. The van der Waals surface area contributed by atoms with Gasteiger partial charge in [-0.1, -0.05) is 0 Å². The SMILES string of the molecule is O=C1CC2(CCOCC2)C(=O)O1. The van der Waals surface area contributed by atoms with Crippen molar-refractivity contribution in [2.45, 2.75) is 19.3 Å². The van der Waals surface area contributed by atoms with Crippen LogP contribution >= 0.6 is 0 Å². The van der Waals surface area contributed by atoms with Crippen LogP contribution in [0.3, 0.4) is 0 Å². The Hall–Kier alpha value is -0.900. The van der Waals surface area contributed by atoms with Gasteiger partial charge in [0.1, 0.15) is 0 Å². The van der Waals surface area contributed by atoms with E-state index < -0.39 is 5.41 Å². The molecular formula is C8H10O4. The van der Waals surface area contributed by atoms with Gasteiger partial charge in [-0.2, -0.15) is 0 Å². The molecule has 2 aliphatic rings.